The highest BCUT2D eigenvalue weighted by Crippen LogP contribution is 2.20. The van der Waals surface area contributed by atoms with Crippen molar-refractivity contribution in [3.63, 3.8) is 0 Å². The highest BCUT2D eigenvalue weighted by Gasteiger charge is 2.24. The molecule has 1 fully saturated rings. The molecule has 29 heavy (non-hydrogen) atoms. The van der Waals surface area contributed by atoms with E-state index >= 15 is 0 Å². The summed E-state index contributed by atoms with van der Waals surface area (Å²) in [5.41, 5.74) is -0.352. The fourth-order valence-electron chi connectivity index (χ4n) is 3.40. The molecule has 1 aliphatic rings. The van der Waals surface area contributed by atoms with Gasteiger partial charge in [-0.05, 0) is 13.8 Å². The molecular formula is C19H26N6O4. The van der Waals surface area contributed by atoms with Crippen molar-refractivity contribution in [2.75, 3.05) is 37.7 Å². The number of hydrogen-bond acceptors (Lipinski definition) is 7. The number of aromatic nitrogens is 4. The van der Waals surface area contributed by atoms with Gasteiger partial charge in [-0.15, -0.1) is 5.92 Å². The molecule has 0 bridgehead atoms. The van der Waals surface area contributed by atoms with Gasteiger partial charge in [0.05, 0.1) is 19.6 Å². The second kappa shape index (κ2) is 8.96. The van der Waals surface area contributed by atoms with Crippen molar-refractivity contribution in [2.45, 2.75) is 33.4 Å². The monoisotopic (exact) mass is 402 g/mol. The smallest absolute Gasteiger partial charge is 0.332 e. The van der Waals surface area contributed by atoms with Crippen LogP contribution < -0.4 is 21.5 Å². The molecule has 3 heterocycles. The number of imidazole rings is 1. The van der Waals surface area contributed by atoms with Crippen molar-refractivity contribution < 1.29 is 9.53 Å². The highest BCUT2D eigenvalue weighted by molar-refractivity contribution is 5.75. The summed E-state index contributed by atoms with van der Waals surface area (Å²) in [6.07, 6.45) is 0.0195. The van der Waals surface area contributed by atoms with E-state index in [1.165, 1.54) is 11.6 Å². The summed E-state index contributed by atoms with van der Waals surface area (Å²) in [6.45, 7) is 7.17. The largest absolute Gasteiger partial charge is 0.466 e. The van der Waals surface area contributed by atoms with E-state index in [4.69, 9.17) is 4.74 Å². The summed E-state index contributed by atoms with van der Waals surface area (Å²) in [5.74, 6) is 6.04. The number of hydrogen-bond donors (Lipinski definition) is 1. The maximum absolute atomic E-state index is 12.9. The molecule has 1 aliphatic heterocycles. The number of ether oxygens (including phenoxy) is 1. The van der Waals surface area contributed by atoms with Crippen LogP contribution in [0.2, 0.25) is 0 Å². The fourth-order valence-corrected chi connectivity index (χ4v) is 3.40. The standard InChI is InChI=1S/C19H26N6O4/c1-4-6-10-24-15-16(21-18(24)23-12-8-20-9-13-23)25(11-7-14(26)29-5-2)19(28)22(3)17(15)27/h20H,5,7-13H2,1-3H3. The zero-order chi connectivity index (χ0) is 21.0. The average molecular weight is 402 g/mol. The molecule has 0 aromatic carbocycles. The number of aryl methyl sites for hydroxylation is 1. The van der Waals surface area contributed by atoms with Crippen molar-refractivity contribution in [2.24, 2.45) is 7.05 Å². The third-order valence-electron chi connectivity index (χ3n) is 4.87. The van der Waals surface area contributed by atoms with Gasteiger partial charge in [0.15, 0.2) is 11.2 Å². The molecule has 2 aromatic heterocycles. The van der Waals surface area contributed by atoms with Gasteiger partial charge in [-0.25, -0.2) is 4.79 Å². The van der Waals surface area contributed by atoms with Crippen molar-refractivity contribution in [3.8, 4) is 11.8 Å². The molecule has 1 N–H and O–H groups in total. The number of nitrogens with one attached hydrogen (secondary N) is 1. The molecule has 0 aliphatic carbocycles. The summed E-state index contributed by atoms with van der Waals surface area (Å²) in [6, 6.07) is 0. The van der Waals surface area contributed by atoms with Crippen molar-refractivity contribution in [1.29, 1.82) is 0 Å². The first kappa shape index (κ1) is 20.7. The Hall–Kier alpha value is -3.06. The van der Waals surface area contributed by atoms with Crippen LogP contribution in [0.4, 0.5) is 5.95 Å². The average Bonchev–Trinajstić information content (AvgIpc) is 3.10. The number of nitrogens with zero attached hydrogens (tertiary/aromatic N) is 5. The van der Waals surface area contributed by atoms with Crippen LogP contribution in [0.5, 0.6) is 0 Å². The van der Waals surface area contributed by atoms with E-state index in [0.717, 1.165) is 30.7 Å². The second-order valence-electron chi connectivity index (χ2n) is 6.69. The van der Waals surface area contributed by atoms with Gasteiger partial charge in [0.1, 0.15) is 0 Å². The lowest BCUT2D eigenvalue weighted by Crippen LogP contribution is -2.44. The Bertz CT molecular complexity index is 1080. The van der Waals surface area contributed by atoms with Crippen molar-refractivity contribution in [1.82, 2.24) is 24.0 Å². The normalized spacial score (nSPS) is 14.0. The zero-order valence-corrected chi connectivity index (χ0v) is 17.0. The first-order valence-corrected chi connectivity index (χ1v) is 9.70. The van der Waals surface area contributed by atoms with Crippen LogP contribution in [0.15, 0.2) is 9.59 Å². The molecule has 2 aromatic rings. The molecule has 0 radical (unpaired) electrons. The van der Waals surface area contributed by atoms with E-state index in [1.54, 1.807) is 18.4 Å². The summed E-state index contributed by atoms with van der Waals surface area (Å²) in [4.78, 5) is 44.3. The minimum Gasteiger partial charge on any atom is -0.466 e. The Kier molecular flexibility index (Phi) is 6.39. The Morgan fingerprint density at radius 1 is 1.24 bits per heavy atom. The Balaban J connectivity index is 2.19. The first-order chi connectivity index (χ1) is 14.0. The van der Waals surface area contributed by atoms with Crippen LogP contribution in [0.25, 0.3) is 11.2 Å². The van der Waals surface area contributed by atoms with Gasteiger partial charge in [0.25, 0.3) is 5.56 Å². The number of carbonyl (C=O) groups is 1. The highest BCUT2D eigenvalue weighted by atomic mass is 16.5. The lowest BCUT2D eigenvalue weighted by Gasteiger charge is -2.28. The number of rotatable bonds is 6. The van der Waals surface area contributed by atoms with Gasteiger partial charge >= 0.3 is 11.7 Å². The third kappa shape index (κ3) is 4.05. The minimum absolute atomic E-state index is 0.0195. The van der Waals surface area contributed by atoms with Crippen LogP contribution in [-0.2, 0) is 29.7 Å². The van der Waals surface area contributed by atoms with E-state index in [2.05, 4.69) is 27.0 Å². The van der Waals surface area contributed by atoms with Crippen LogP contribution in [-0.4, -0.2) is 57.4 Å². The van der Waals surface area contributed by atoms with Crippen LogP contribution in [0.3, 0.4) is 0 Å². The molecule has 0 spiro atoms. The predicted octanol–water partition coefficient (Wildman–Crippen LogP) is -0.717. The Morgan fingerprint density at radius 2 is 1.97 bits per heavy atom. The van der Waals surface area contributed by atoms with E-state index in [9.17, 15) is 14.4 Å². The molecule has 156 valence electrons. The Labute approximate surface area is 168 Å². The van der Waals surface area contributed by atoms with Crippen LogP contribution in [0.1, 0.15) is 20.3 Å². The summed E-state index contributed by atoms with van der Waals surface area (Å²) < 4.78 is 9.15. The maximum atomic E-state index is 12.9. The summed E-state index contributed by atoms with van der Waals surface area (Å²) >= 11 is 0. The topological polar surface area (TPSA) is 103 Å². The van der Waals surface area contributed by atoms with Gasteiger partial charge in [0, 0.05) is 39.8 Å². The zero-order valence-electron chi connectivity index (χ0n) is 17.0. The fraction of sp³-hybridized carbons (Fsp3) is 0.579. The van der Waals surface area contributed by atoms with Crippen molar-refractivity contribution >= 4 is 23.1 Å². The molecule has 0 unspecified atom stereocenters. The lowest BCUT2D eigenvalue weighted by molar-refractivity contribution is -0.143. The first-order valence-electron chi connectivity index (χ1n) is 9.70. The van der Waals surface area contributed by atoms with Gasteiger partial charge in [-0.2, -0.15) is 4.98 Å². The molecule has 10 nitrogen and oxygen atoms in total. The minimum atomic E-state index is -0.509. The van der Waals surface area contributed by atoms with E-state index in [0.29, 0.717) is 11.5 Å². The molecule has 3 rings (SSSR count). The van der Waals surface area contributed by atoms with Gasteiger partial charge in [-0.1, -0.05) is 5.92 Å². The van der Waals surface area contributed by atoms with E-state index in [1.807, 2.05) is 0 Å². The number of anilines is 1. The van der Waals surface area contributed by atoms with E-state index < -0.39 is 17.2 Å². The van der Waals surface area contributed by atoms with Crippen LogP contribution >= 0.6 is 0 Å². The van der Waals surface area contributed by atoms with Gasteiger partial charge < -0.3 is 15.0 Å². The van der Waals surface area contributed by atoms with Crippen LogP contribution in [0, 0.1) is 11.8 Å². The summed E-state index contributed by atoms with van der Waals surface area (Å²) in [5, 5.41) is 3.29. The SMILES string of the molecule is CC#CCn1c(N2CCNCC2)nc2c1c(=O)n(C)c(=O)n2CCC(=O)OCC. The second-order valence-corrected chi connectivity index (χ2v) is 6.69. The maximum Gasteiger partial charge on any atom is 0.332 e. The number of piperazine rings is 1. The molecule has 1 saturated heterocycles. The lowest BCUT2D eigenvalue weighted by atomic mass is 10.4. The molecule has 10 heteroatoms. The van der Waals surface area contributed by atoms with E-state index in [-0.39, 0.29) is 31.8 Å². The number of esters is 1. The Morgan fingerprint density at radius 3 is 2.62 bits per heavy atom. The third-order valence-corrected chi connectivity index (χ3v) is 4.87. The van der Waals surface area contributed by atoms with Crippen molar-refractivity contribution in [3.05, 3.63) is 20.8 Å². The van der Waals surface area contributed by atoms with Gasteiger partial charge in [0.2, 0.25) is 5.95 Å². The molecule has 0 atom stereocenters. The molecule has 0 saturated carbocycles. The molecular weight excluding hydrogens is 376 g/mol. The number of carbonyl (C=O) groups excluding carboxylic acids is 1. The molecule has 0 amide bonds. The van der Waals surface area contributed by atoms with Gasteiger partial charge in [-0.3, -0.25) is 23.3 Å². The summed E-state index contributed by atoms with van der Waals surface area (Å²) in [7, 11) is 1.43. The quantitative estimate of drug-likeness (QED) is 0.503. The predicted molar refractivity (Wildman–Crippen MR) is 109 cm³/mol. The number of fused-ring (bicyclic) bond motifs is 1.